The van der Waals surface area contributed by atoms with E-state index in [4.69, 9.17) is 4.74 Å². The standard InChI is InChI=1S/C13H26N2OS/c1-13(2)11-16-9-7-15(13)8-10-17-12-3-5-14-6-4-12/h12,14H,3-11H2,1-2H3. The fourth-order valence-corrected chi connectivity index (χ4v) is 3.82. The second-order valence-corrected chi connectivity index (χ2v) is 7.08. The van der Waals surface area contributed by atoms with Crippen LogP contribution in [0.5, 0.6) is 0 Å². The Morgan fingerprint density at radius 2 is 2.12 bits per heavy atom. The number of nitrogens with zero attached hydrogens (tertiary/aromatic N) is 1. The second-order valence-electron chi connectivity index (χ2n) is 5.67. The molecule has 3 nitrogen and oxygen atoms in total. The number of nitrogens with one attached hydrogen (secondary N) is 1. The van der Waals surface area contributed by atoms with E-state index in [9.17, 15) is 0 Å². The molecule has 2 rings (SSSR count). The van der Waals surface area contributed by atoms with Crippen molar-refractivity contribution in [2.45, 2.75) is 37.5 Å². The van der Waals surface area contributed by atoms with Crippen LogP contribution in [0.15, 0.2) is 0 Å². The van der Waals surface area contributed by atoms with Gasteiger partial charge in [-0.25, -0.2) is 0 Å². The van der Waals surface area contributed by atoms with Crippen molar-refractivity contribution in [3.05, 3.63) is 0 Å². The van der Waals surface area contributed by atoms with E-state index in [2.05, 4.69) is 35.8 Å². The van der Waals surface area contributed by atoms with Crippen molar-refractivity contribution < 1.29 is 4.74 Å². The van der Waals surface area contributed by atoms with Gasteiger partial charge >= 0.3 is 0 Å². The normalized spacial score (nSPS) is 27.2. The van der Waals surface area contributed by atoms with Crippen LogP contribution in [0, 0.1) is 0 Å². The first-order valence-electron chi connectivity index (χ1n) is 6.83. The minimum Gasteiger partial charge on any atom is -0.378 e. The maximum absolute atomic E-state index is 5.55. The second kappa shape index (κ2) is 6.41. The van der Waals surface area contributed by atoms with Crippen LogP contribution in [0.4, 0.5) is 0 Å². The molecule has 0 aliphatic carbocycles. The first kappa shape index (κ1) is 13.7. The van der Waals surface area contributed by atoms with Gasteiger partial charge in [0.15, 0.2) is 0 Å². The van der Waals surface area contributed by atoms with Gasteiger partial charge in [-0.2, -0.15) is 11.8 Å². The Bertz CT molecular complexity index is 229. The summed E-state index contributed by atoms with van der Waals surface area (Å²) in [5.41, 5.74) is 0.229. The van der Waals surface area contributed by atoms with E-state index >= 15 is 0 Å². The Balaban J connectivity index is 1.66. The fraction of sp³-hybridized carbons (Fsp3) is 1.00. The lowest BCUT2D eigenvalue weighted by Gasteiger charge is -2.42. The van der Waals surface area contributed by atoms with E-state index in [0.717, 1.165) is 25.0 Å². The van der Waals surface area contributed by atoms with Gasteiger partial charge in [0.1, 0.15) is 0 Å². The highest BCUT2D eigenvalue weighted by Crippen LogP contribution is 2.23. The molecule has 2 heterocycles. The summed E-state index contributed by atoms with van der Waals surface area (Å²) in [6.07, 6.45) is 2.69. The zero-order chi connectivity index (χ0) is 12.1. The van der Waals surface area contributed by atoms with E-state index in [-0.39, 0.29) is 5.54 Å². The lowest BCUT2D eigenvalue weighted by Crippen LogP contribution is -2.53. The van der Waals surface area contributed by atoms with Crippen molar-refractivity contribution >= 4 is 11.8 Å². The molecule has 100 valence electrons. The summed E-state index contributed by atoms with van der Waals surface area (Å²) in [5.74, 6) is 1.27. The number of rotatable bonds is 4. The van der Waals surface area contributed by atoms with Crippen molar-refractivity contribution in [3.63, 3.8) is 0 Å². The summed E-state index contributed by atoms with van der Waals surface area (Å²) in [6.45, 7) is 11.1. The summed E-state index contributed by atoms with van der Waals surface area (Å²) in [7, 11) is 0. The van der Waals surface area contributed by atoms with Gasteiger partial charge in [0, 0.05) is 29.6 Å². The van der Waals surface area contributed by atoms with Crippen LogP contribution >= 0.6 is 11.8 Å². The molecular formula is C13H26N2OS. The van der Waals surface area contributed by atoms with Crippen LogP contribution in [0.25, 0.3) is 0 Å². The van der Waals surface area contributed by atoms with Gasteiger partial charge in [0.05, 0.1) is 13.2 Å². The Kier molecular flexibility index (Phi) is 5.15. The molecule has 0 unspecified atom stereocenters. The predicted octanol–water partition coefficient (Wildman–Crippen LogP) is 1.58. The SMILES string of the molecule is CC1(C)COCCN1CCSC1CCNCC1. The number of hydrogen-bond donors (Lipinski definition) is 1. The summed E-state index contributed by atoms with van der Waals surface area (Å²) >= 11 is 2.17. The molecule has 2 aliphatic rings. The van der Waals surface area contributed by atoms with Crippen molar-refractivity contribution in [3.8, 4) is 0 Å². The molecule has 0 spiro atoms. The maximum atomic E-state index is 5.55. The van der Waals surface area contributed by atoms with Gasteiger partial charge in [-0.05, 0) is 39.8 Å². The first-order valence-corrected chi connectivity index (χ1v) is 7.88. The molecule has 0 atom stereocenters. The molecule has 0 radical (unpaired) electrons. The molecule has 0 bridgehead atoms. The zero-order valence-corrected chi connectivity index (χ0v) is 12.0. The number of piperidine rings is 1. The predicted molar refractivity (Wildman–Crippen MR) is 74.8 cm³/mol. The highest BCUT2D eigenvalue weighted by atomic mass is 32.2. The van der Waals surface area contributed by atoms with E-state index < -0.39 is 0 Å². The molecule has 0 saturated carbocycles. The molecule has 17 heavy (non-hydrogen) atoms. The summed E-state index contributed by atoms with van der Waals surface area (Å²) in [6, 6.07) is 0. The van der Waals surface area contributed by atoms with E-state index in [1.54, 1.807) is 0 Å². The van der Waals surface area contributed by atoms with Crippen LogP contribution in [0.1, 0.15) is 26.7 Å². The maximum Gasteiger partial charge on any atom is 0.0645 e. The van der Waals surface area contributed by atoms with Crippen LogP contribution in [-0.2, 0) is 4.74 Å². The smallest absolute Gasteiger partial charge is 0.0645 e. The molecule has 0 aromatic carbocycles. The average Bonchev–Trinajstić information content (AvgIpc) is 2.32. The molecule has 2 fully saturated rings. The molecule has 1 N–H and O–H groups in total. The third-order valence-corrected chi connectivity index (χ3v) is 5.18. The average molecular weight is 258 g/mol. The first-order chi connectivity index (χ1) is 8.18. The fourth-order valence-electron chi connectivity index (χ4n) is 2.60. The molecule has 2 aliphatic heterocycles. The van der Waals surface area contributed by atoms with Crippen molar-refractivity contribution in [2.24, 2.45) is 0 Å². The van der Waals surface area contributed by atoms with E-state index in [0.29, 0.717) is 0 Å². The van der Waals surface area contributed by atoms with Crippen molar-refractivity contribution in [1.82, 2.24) is 10.2 Å². The van der Waals surface area contributed by atoms with Gasteiger partial charge < -0.3 is 10.1 Å². The quantitative estimate of drug-likeness (QED) is 0.827. The molecule has 0 aromatic rings. The summed E-state index contributed by atoms with van der Waals surface area (Å²) in [4.78, 5) is 2.59. The highest BCUT2D eigenvalue weighted by molar-refractivity contribution is 7.99. The summed E-state index contributed by atoms with van der Waals surface area (Å²) in [5, 5.41) is 4.32. The monoisotopic (exact) mass is 258 g/mol. The van der Waals surface area contributed by atoms with Crippen LogP contribution < -0.4 is 5.32 Å². The lowest BCUT2D eigenvalue weighted by molar-refractivity contribution is -0.0476. The number of thioether (sulfide) groups is 1. The number of hydrogen-bond acceptors (Lipinski definition) is 4. The number of ether oxygens (including phenoxy) is 1. The Morgan fingerprint density at radius 3 is 2.82 bits per heavy atom. The zero-order valence-electron chi connectivity index (χ0n) is 11.2. The third-order valence-electron chi connectivity index (χ3n) is 3.82. The lowest BCUT2D eigenvalue weighted by atomic mass is 10.0. The molecule has 0 aromatic heterocycles. The molecular weight excluding hydrogens is 232 g/mol. The van der Waals surface area contributed by atoms with Gasteiger partial charge in [0.2, 0.25) is 0 Å². The van der Waals surface area contributed by atoms with Crippen molar-refractivity contribution in [1.29, 1.82) is 0 Å². The third kappa shape index (κ3) is 4.12. The van der Waals surface area contributed by atoms with Crippen LogP contribution in [0.3, 0.4) is 0 Å². The van der Waals surface area contributed by atoms with Crippen LogP contribution in [-0.4, -0.2) is 60.8 Å². The Morgan fingerprint density at radius 1 is 1.35 bits per heavy atom. The van der Waals surface area contributed by atoms with E-state index in [1.165, 1.54) is 38.2 Å². The topological polar surface area (TPSA) is 24.5 Å². The Labute approximate surface area is 110 Å². The minimum atomic E-state index is 0.229. The van der Waals surface area contributed by atoms with Crippen LogP contribution in [0.2, 0.25) is 0 Å². The van der Waals surface area contributed by atoms with E-state index in [1.807, 2.05) is 0 Å². The molecule has 2 saturated heterocycles. The number of morpholine rings is 1. The van der Waals surface area contributed by atoms with Gasteiger partial charge in [0.25, 0.3) is 0 Å². The van der Waals surface area contributed by atoms with Gasteiger partial charge in [-0.3, -0.25) is 4.90 Å². The largest absolute Gasteiger partial charge is 0.378 e. The van der Waals surface area contributed by atoms with Gasteiger partial charge in [-0.1, -0.05) is 0 Å². The minimum absolute atomic E-state index is 0.229. The highest BCUT2D eigenvalue weighted by Gasteiger charge is 2.30. The van der Waals surface area contributed by atoms with Crippen molar-refractivity contribution in [2.75, 3.05) is 45.1 Å². The Hall–Kier alpha value is 0.230. The van der Waals surface area contributed by atoms with Gasteiger partial charge in [-0.15, -0.1) is 0 Å². The summed E-state index contributed by atoms with van der Waals surface area (Å²) < 4.78 is 5.55. The molecule has 4 heteroatoms. The molecule has 0 amide bonds.